The molecule has 0 unspecified atom stereocenters. The fraction of sp³-hybridized carbons (Fsp3) is 0.190. The Labute approximate surface area is 173 Å². The maximum absolute atomic E-state index is 13.4. The van der Waals surface area contributed by atoms with Crippen LogP contribution in [0.25, 0.3) is 0 Å². The fourth-order valence-electron chi connectivity index (χ4n) is 3.48. The first kappa shape index (κ1) is 19.3. The molecule has 0 bridgehead atoms. The van der Waals surface area contributed by atoms with Crippen LogP contribution in [0.5, 0.6) is 17.2 Å². The molecule has 0 spiro atoms. The molecule has 0 aliphatic carbocycles. The number of ether oxygens (including phenoxy) is 2. The van der Waals surface area contributed by atoms with Crippen LogP contribution in [0, 0.1) is 0 Å². The largest absolute Gasteiger partial charge is 0.508 e. The summed E-state index contributed by atoms with van der Waals surface area (Å²) in [6, 6.07) is 11.3. The molecule has 9 nitrogen and oxygen atoms in total. The standard InChI is InChI=1S/C21H21N5O4/c1-12-18(20(28)25-16-8-7-15(29-2)10-17(16)30-3)19(13-5-4-6-14(27)9-13)26-21(24-12)22-11-23-26/h4-11,19,27H,1-3H3,(H,25,28)(H,22,23,24)/t19-/m0/s1. The summed E-state index contributed by atoms with van der Waals surface area (Å²) in [5.74, 6) is 1.36. The highest BCUT2D eigenvalue weighted by Gasteiger charge is 2.33. The summed E-state index contributed by atoms with van der Waals surface area (Å²) in [6.45, 7) is 1.80. The van der Waals surface area contributed by atoms with Gasteiger partial charge in [0.15, 0.2) is 0 Å². The fourth-order valence-corrected chi connectivity index (χ4v) is 3.48. The number of allylic oxidation sites excluding steroid dienone is 1. The van der Waals surface area contributed by atoms with E-state index in [1.807, 2.05) is 6.07 Å². The number of fused-ring (bicyclic) bond motifs is 1. The van der Waals surface area contributed by atoms with Crippen molar-refractivity contribution in [3.8, 4) is 17.2 Å². The second-order valence-corrected chi connectivity index (χ2v) is 6.71. The molecule has 0 saturated heterocycles. The molecule has 2 aromatic carbocycles. The van der Waals surface area contributed by atoms with Crippen LogP contribution in [0.15, 0.2) is 60.1 Å². The monoisotopic (exact) mass is 407 g/mol. The van der Waals surface area contributed by atoms with Crippen molar-refractivity contribution in [3.05, 3.63) is 65.6 Å². The minimum absolute atomic E-state index is 0.0990. The molecular weight excluding hydrogens is 386 g/mol. The number of benzene rings is 2. The second kappa shape index (κ2) is 7.78. The Morgan fingerprint density at radius 3 is 2.77 bits per heavy atom. The van der Waals surface area contributed by atoms with Gasteiger partial charge in [0.1, 0.15) is 29.6 Å². The number of rotatable bonds is 5. The minimum atomic E-state index is -0.569. The molecule has 1 atom stereocenters. The molecule has 9 heteroatoms. The summed E-state index contributed by atoms with van der Waals surface area (Å²) in [5, 5.41) is 20.3. The Hall–Kier alpha value is -4.01. The van der Waals surface area contributed by atoms with Crippen LogP contribution < -0.4 is 20.1 Å². The lowest BCUT2D eigenvalue weighted by Crippen LogP contribution is -2.31. The number of nitrogens with one attached hydrogen (secondary N) is 2. The van der Waals surface area contributed by atoms with Crippen LogP contribution in [-0.2, 0) is 4.79 Å². The first-order valence-corrected chi connectivity index (χ1v) is 9.21. The van der Waals surface area contributed by atoms with Gasteiger partial charge in [-0.15, -0.1) is 0 Å². The molecule has 3 aromatic rings. The Bertz CT molecular complexity index is 1140. The van der Waals surface area contributed by atoms with Crippen molar-refractivity contribution in [1.82, 2.24) is 14.8 Å². The molecule has 1 aromatic heterocycles. The molecule has 1 amide bonds. The predicted octanol–water partition coefficient (Wildman–Crippen LogP) is 2.93. The third kappa shape index (κ3) is 3.41. The first-order chi connectivity index (χ1) is 14.5. The lowest BCUT2D eigenvalue weighted by Gasteiger charge is -2.29. The highest BCUT2D eigenvalue weighted by Crippen LogP contribution is 2.37. The van der Waals surface area contributed by atoms with Crippen LogP contribution in [0.2, 0.25) is 0 Å². The average Bonchev–Trinajstić information content (AvgIpc) is 3.20. The van der Waals surface area contributed by atoms with Crippen molar-refractivity contribution in [2.75, 3.05) is 24.9 Å². The van der Waals surface area contributed by atoms with Gasteiger partial charge in [0.25, 0.3) is 5.91 Å². The molecule has 3 N–H and O–H groups in total. The van der Waals surface area contributed by atoms with Crippen molar-refractivity contribution in [3.63, 3.8) is 0 Å². The summed E-state index contributed by atoms with van der Waals surface area (Å²) in [7, 11) is 3.08. The minimum Gasteiger partial charge on any atom is -0.508 e. The quantitative estimate of drug-likeness (QED) is 0.596. The number of methoxy groups -OCH3 is 2. The number of phenols is 1. The third-order valence-electron chi connectivity index (χ3n) is 4.88. The summed E-state index contributed by atoms with van der Waals surface area (Å²) in [5.41, 5.74) is 2.28. The number of anilines is 2. The molecule has 1 aliphatic heterocycles. The maximum atomic E-state index is 13.4. The number of aromatic hydroxyl groups is 1. The van der Waals surface area contributed by atoms with Gasteiger partial charge in [-0.2, -0.15) is 10.1 Å². The number of aromatic nitrogens is 3. The zero-order chi connectivity index (χ0) is 21.3. The topological polar surface area (TPSA) is 111 Å². The number of phenolic OH excluding ortho intramolecular Hbond substituents is 1. The Morgan fingerprint density at radius 1 is 1.20 bits per heavy atom. The van der Waals surface area contributed by atoms with Gasteiger partial charge in [-0.1, -0.05) is 12.1 Å². The van der Waals surface area contributed by atoms with Gasteiger partial charge in [-0.05, 0) is 36.8 Å². The summed E-state index contributed by atoms with van der Waals surface area (Å²) >= 11 is 0. The average molecular weight is 407 g/mol. The molecule has 4 rings (SSSR count). The van der Waals surface area contributed by atoms with Crippen LogP contribution in [0.3, 0.4) is 0 Å². The van der Waals surface area contributed by atoms with Crippen molar-refractivity contribution >= 4 is 17.5 Å². The van der Waals surface area contributed by atoms with E-state index in [1.54, 1.807) is 55.1 Å². The molecule has 1 aliphatic rings. The normalized spacial score (nSPS) is 15.2. The van der Waals surface area contributed by atoms with Crippen molar-refractivity contribution in [1.29, 1.82) is 0 Å². The second-order valence-electron chi connectivity index (χ2n) is 6.71. The van der Waals surface area contributed by atoms with Gasteiger partial charge in [-0.25, -0.2) is 4.68 Å². The number of carbonyl (C=O) groups is 1. The zero-order valence-corrected chi connectivity index (χ0v) is 16.7. The highest BCUT2D eigenvalue weighted by atomic mass is 16.5. The molecule has 2 heterocycles. The highest BCUT2D eigenvalue weighted by molar-refractivity contribution is 6.06. The van der Waals surface area contributed by atoms with E-state index in [2.05, 4.69) is 20.7 Å². The summed E-state index contributed by atoms with van der Waals surface area (Å²) in [4.78, 5) is 17.6. The smallest absolute Gasteiger partial charge is 0.255 e. The van der Waals surface area contributed by atoms with Crippen LogP contribution in [-0.4, -0.2) is 40.0 Å². The maximum Gasteiger partial charge on any atom is 0.255 e. The number of nitrogens with zero attached hydrogens (tertiary/aromatic N) is 3. The van der Waals surface area contributed by atoms with Gasteiger partial charge in [0, 0.05) is 11.8 Å². The van der Waals surface area contributed by atoms with Crippen LogP contribution in [0.4, 0.5) is 11.6 Å². The van der Waals surface area contributed by atoms with E-state index < -0.39 is 6.04 Å². The lowest BCUT2D eigenvalue weighted by atomic mass is 9.95. The number of hydrogen-bond donors (Lipinski definition) is 3. The molecule has 30 heavy (non-hydrogen) atoms. The Kier molecular flexibility index (Phi) is 5.01. The zero-order valence-electron chi connectivity index (χ0n) is 16.7. The summed E-state index contributed by atoms with van der Waals surface area (Å²) in [6.07, 6.45) is 1.42. The molecular formula is C21H21N5O4. The van der Waals surface area contributed by atoms with E-state index >= 15 is 0 Å². The van der Waals surface area contributed by atoms with E-state index in [-0.39, 0.29) is 11.7 Å². The first-order valence-electron chi connectivity index (χ1n) is 9.21. The third-order valence-corrected chi connectivity index (χ3v) is 4.88. The van der Waals surface area contributed by atoms with E-state index in [4.69, 9.17) is 9.47 Å². The van der Waals surface area contributed by atoms with E-state index in [1.165, 1.54) is 13.4 Å². The molecule has 0 radical (unpaired) electrons. The molecule has 0 fully saturated rings. The molecule has 154 valence electrons. The Morgan fingerprint density at radius 2 is 2.03 bits per heavy atom. The van der Waals surface area contributed by atoms with Gasteiger partial charge in [-0.3, -0.25) is 4.79 Å². The van der Waals surface area contributed by atoms with Crippen LogP contribution >= 0.6 is 0 Å². The number of amides is 1. The Balaban J connectivity index is 1.75. The van der Waals surface area contributed by atoms with Gasteiger partial charge in [0.2, 0.25) is 5.95 Å². The van der Waals surface area contributed by atoms with Gasteiger partial charge in [0.05, 0.1) is 25.5 Å². The van der Waals surface area contributed by atoms with Crippen LogP contribution in [0.1, 0.15) is 18.5 Å². The summed E-state index contributed by atoms with van der Waals surface area (Å²) < 4.78 is 12.2. The van der Waals surface area contributed by atoms with E-state index in [0.717, 1.165) is 0 Å². The van der Waals surface area contributed by atoms with Crippen molar-refractivity contribution in [2.24, 2.45) is 0 Å². The number of carbonyl (C=O) groups excluding carboxylic acids is 1. The molecule has 0 saturated carbocycles. The number of hydrogen-bond acceptors (Lipinski definition) is 7. The van der Waals surface area contributed by atoms with Gasteiger partial charge >= 0.3 is 0 Å². The van der Waals surface area contributed by atoms with Crippen molar-refractivity contribution in [2.45, 2.75) is 13.0 Å². The van der Waals surface area contributed by atoms with Gasteiger partial charge < -0.3 is 25.2 Å². The lowest BCUT2D eigenvalue weighted by molar-refractivity contribution is -0.113. The van der Waals surface area contributed by atoms with E-state index in [9.17, 15) is 9.90 Å². The van der Waals surface area contributed by atoms with Crippen molar-refractivity contribution < 1.29 is 19.4 Å². The SMILES string of the molecule is COc1ccc(NC(=O)C2=C(C)Nc3ncnn3[C@H]2c2cccc(O)c2)c(OC)c1. The van der Waals surface area contributed by atoms with E-state index in [0.29, 0.717) is 40.0 Å². The predicted molar refractivity (Wildman–Crippen MR) is 111 cm³/mol.